The summed E-state index contributed by atoms with van der Waals surface area (Å²) in [5.41, 5.74) is -1.26. The number of amides is 2. The molecule has 1 N–H and O–H groups in total. The average molecular weight is 462 g/mol. The van der Waals surface area contributed by atoms with Gasteiger partial charge in [0.2, 0.25) is 11.7 Å². The number of nitrogens with zero attached hydrogens (tertiary/aromatic N) is 2. The Labute approximate surface area is 179 Å². The molecule has 2 aromatic carbocycles. The van der Waals surface area contributed by atoms with Crippen LogP contribution in [0.15, 0.2) is 18.2 Å². The van der Waals surface area contributed by atoms with E-state index in [1.807, 2.05) is 0 Å². The molecule has 1 heterocycles. The van der Waals surface area contributed by atoms with Crippen LogP contribution in [-0.2, 0) is 4.79 Å². The predicted octanol–water partition coefficient (Wildman–Crippen LogP) is 4.35. The fourth-order valence-corrected chi connectivity index (χ4v) is 3.62. The van der Waals surface area contributed by atoms with Crippen LogP contribution in [-0.4, -0.2) is 42.9 Å². The molecule has 166 valence electrons. The Morgan fingerprint density at radius 1 is 0.935 bits per heavy atom. The van der Waals surface area contributed by atoms with Gasteiger partial charge in [0.25, 0.3) is 5.91 Å². The van der Waals surface area contributed by atoms with E-state index < -0.39 is 40.6 Å². The number of hydrogen-bond donors (Lipinski definition) is 1. The lowest BCUT2D eigenvalue weighted by atomic mass is 10.1. The average Bonchev–Trinajstić information content (AvgIpc) is 2.76. The van der Waals surface area contributed by atoms with Crippen molar-refractivity contribution in [3.8, 4) is 0 Å². The molecule has 0 spiro atoms. The molecule has 2 amide bonds. The molecule has 1 aliphatic rings. The third-order valence-electron chi connectivity index (χ3n) is 4.92. The minimum absolute atomic E-state index is 0.0151. The maximum atomic E-state index is 14.0. The number of anilines is 2. The highest BCUT2D eigenvalue weighted by atomic mass is 35.5. The first kappa shape index (κ1) is 22.8. The van der Waals surface area contributed by atoms with Crippen LogP contribution in [0.3, 0.4) is 0 Å². The minimum Gasteiger partial charge on any atom is -0.365 e. The number of nitrogens with one attached hydrogen (secondary N) is 1. The van der Waals surface area contributed by atoms with Gasteiger partial charge in [0.15, 0.2) is 23.3 Å². The monoisotopic (exact) mass is 461 g/mol. The molecule has 1 fully saturated rings. The van der Waals surface area contributed by atoms with Crippen LogP contribution in [0.4, 0.5) is 33.3 Å². The standard InChI is InChI=1S/C20H17ClF5N3O2/c1-2-12(30)28-6-8-29(9-7-28)19-10(21)4-3-5-11(19)27-20(31)13-14(22)16(24)18(26)17(25)15(13)23/h3-5H,2,6-9H2,1H3,(H,27,31). The number of carbonyl (C=O) groups excluding carboxylic acids is 2. The second-order valence-corrected chi connectivity index (χ2v) is 7.16. The molecule has 11 heteroatoms. The largest absolute Gasteiger partial charge is 0.365 e. The van der Waals surface area contributed by atoms with Gasteiger partial charge in [-0.1, -0.05) is 24.6 Å². The normalized spacial score (nSPS) is 14.0. The van der Waals surface area contributed by atoms with Gasteiger partial charge in [-0.05, 0) is 12.1 Å². The van der Waals surface area contributed by atoms with Gasteiger partial charge in [-0.2, -0.15) is 0 Å². The van der Waals surface area contributed by atoms with Crippen LogP contribution in [0.2, 0.25) is 5.02 Å². The van der Waals surface area contributed by atoms with Gasteiger partial charge < -0.3 is 15.1 Å². The summed E-state index contributed by atoms with van der Waals surface area (Å²) in [6.45, 7) is 3.25. The molecule has 5 nitrogen and oxygen atoms in total. The first-order valence-corrected chi connectivity index (χ1v) is 9.69. The smallest absolute Gasteiger partial charge is 0.261 e. The van der Waals surface area contributed by atoms with E-state index in [1.54, 1.807) is 16.7 Å². The summed E-state index contributed by atoms with van der Waals surface area (Å²) in [6.07, 6.45) is 0.356. The first-order valence-electron chi connectivity index (χ1n) is 9.31. The van der Waals surface area contributed by atoms with Crippen molar-refractivity contribution in [2.24, 2.45) is 0 Å². The Morgan fingerprint density at radius 3 is 2.03 bits per heavy atom. The van der Waals surface area contributed by atoms with Gasteiger partial charge >= 0.3 is 0 Å². The highest BCUT2D eigenvalue weighted by molar-refractivity contribution is 6.34. The number of hydrogen-bond acceptors (Lipinski definition) is 3. The van der Waals surface area contributed by atoms with E-state index in [0.717, 1.165) is 0 Å². The number of rotatable bonds is 4. The van der Waals surface area contributed by atoms with Crippen molar-refractivity contribution in [3.63, 3.8) is 0 Å². The topological polar surface area (TPSA) is 52.7 Å². The highest BCUT2D eigenvalue weighted by Crippen LogP contribution is 2.35. The number of carbonyl (C=O) groups is 2. The minimum atomic E-state index is -2.35. The molecule has 0 aromatic heterocycles. The van der Waals surface area contributed by atoms with Gasteiger partial charge in [-0.15, -0.1) is 0 Å². The van der Waals surface area contributed by atoms with Crippen LogP contribution >= 0.6 is 11.6 Å². The molecule has 0 aliphatic carbocycles. The molecular weight excluding hydrogens is 445 g/mol. The third-order valence-corrected chi connectivity index (χ3v) is 5.23. The Morgan fingerprint density at radius 2 is 1.48 bits per heavy atom. The summed E-state index contributed by atoms with van der Waals surface area (Å²) in [5, 5.41) is 2.38. The molecule has 3 rings (SSSR count). The van der Waals surface area contributed by atoms with Gasteiger partial charge in [0, 0.05) is 32.6 Å². The zero-order valence-electron chi connectivity index (χ0n) is 16.2. The predicted molar refractivity (Wildman–Crippen MR) is 105 cm³/mol. The quantitative estimate of drug-likeness (QED) is 0.418. The molecule has 0 unspecified atom stereocenters. The number of benzene rings is 2. The van der Waals surface area contributed by atoms with E-state index in [2.05, 4.69) is 5.32 Å². The molecule has 0 saturated carbocycles. The lowest BCUT2D eigenvalue weighted by Crippen LogP contribution is -2.48. The maximum Gasteiger partial charge on any atom is 0.261 e. The van der Waals surface area contributed by atoms with E-state index in [1.165, 1.54) is 18.2 Å². The van der Waals surface area contributed by atoms with Gasteiger partial charge in [0.1, 0.15) is 5.56 Å². The van der Waals surface area contributed by atoms with Gasteiger partial charge in [0.05, 0.1) is 16.4 Å². The van der Waals surface area contributed by atoms with Crippen molar-refractivity contribution >= 4 is 34.8 Å². The van der Waals surface area contributed by atoms with E-state index in [9.17, 15) is 31.5 Å². The van der Waals surface area contributed by atoms with Gasteiger partial charge in [-0.3, -0.25) is 9.59 Å². The van der Waals surface area contributed by atoms with E-state index >= 15 is 0 Å². The van der Waals surface area contributed by atoms with Crippen LogP contribution in [0.5, 0.6) is 0 Å². The van der Waals surface area contributed by atoms with Crippen molar-refractivity contribution in [2.75, 3.05) is 36.4 Å². The van der Waals surface area contributed by atoms with Crippen molar-refractivity contribution < 1.29 is 31.5 Å². The summed E-state index contributed by atoms with van der Waals surface area (Å²) >= 11 is 6.26. The van der Waals surface area contributed by atoms with Crippen molar-refractivity contribution in [2.45, 2.75) is 13.3 Å². The summed E-state index contributed by atoms with van der Waals surface area (Å²) in [4.78, 5) is 27.7. The van der Waals surface area contributed by atoms with E-state index in [0.29, 0.717) is 38.3 Å². The Hall–Kier alpha value is -2.88. The Balaban J connectivity index is 1.90. The molecule has 0 bridgehead atoms. The molecule has 0 atom stereocenters. The highest BCUT2D eigenvalue weighted by Gasteiger charge is 2.31. The SMILES string of the molecule is CCC(=O)N1CCN(c2c(Cl)cccc2NC(=O)c2c(F)c(F)c(F)c(F)c2F)CC1. The number of piperazine rings is 1. The lowest BCUT2D eigenvalue weighted by Gasteiger charge is -2.37. The third kappa shape index (κ3) is 4.30. The number of halogens is 6. The van der Waals surface area contributed by atoms with Crippen molar-refractivity contribution in [1.82, 2.24) is 4.90 Å². The van der Waals surface area contributed by atoms with Crippen molar-refractivity contribution in [1.29, 1.82) is 0 Å². The molecule has 1 aliphatic heterocycles. The fourth-order valence-electron chi connectivity index (χ4n) is 3.33. The molecule has 0 radical (unpaired) electrons. The molecule has 31 heavy (non-hydrogen) atoms. The molecule has 1 saturated heterocycles. The summed E-state index contributed by atoms with van der Waals surface area (Å²) in [6, 6.07) is 4.36. The second-order valence-electron chi connectivity index (χ2n) is 6.76. The Bertz CT molecular complexity index is 1010. The van der Waals surface area contributed by atoms with Gasteiger partial charge in [-0.25, -0.2) is 22.0 Å². The zero-order chi connectivity index (χ0) is 22.9. The Kier molecular flexibility index (Phi) is 6.68. The van der Waals surface area contributed by atoms with E-state index in [4.69, 9.17) is 11.6 Å². The summed E-state index contributed by atoms with van der Waals surface area (Å²) < 4.78 is 68.2. The summed E-state index contributed by atoms with van der Waals surface area (Å²) in [5.74, 6) is -12.8. The second kappa shape index (κ2) is 9.09. The molecule has 2 aromatic rings. The first-order chi connectivity index (χ1) is 14.7. The lowest BCUT2D eigenvalue weighted by molar-refractivity contribution is -0.131. The van der Waals surface area contributed by atoms with Crippen LogP contribution in [0.25, 0.3) is 0 Å². The van der Waals surface area contributed by atoms with Crippen LogP contribution in [0, 0.1) is 29.1 Å². The maximum absolute atomic E-state index is 14.0. The van der Waals surface area contributed by atoms with Crippen molar-refractivity contribution in [3.05, 3.63) is 57.9 Å². The van der Waals surface area contributed by atoms with E-state index in [-0.39, 0.29) is 16.6 Å². The van der Waals surface area contributed by atoms with Crippen LogP contribution in [0.1, 0.15) is 23.7 Å². The van der Waals surface area contributed by atoms with Crippen LogP contribution < -0.4 is 10.2 Å². The zero-order valence-corrected chi connectivity index (χ0v) is 17.0. The molecular formula is C20H17ClF5N3O2. The summed E-state index contributed by atoms with van der Waals surface area (Å²) in [7, 11) is 0. The number of para-hydroxylation sites is 1. The fraction of sp³-hybridized carbons (Fsp3) is 0.300.